The summed E-state index contributed by atoms with van der Waals surface area (Å²) < 4.78 is 7.64. The Morgan fingerprint density at radius 3 is 2.46 bits per heavy atom. The van der Waals surface area contributed by atoms with E-state index in [9.17, 15) is 0 Å². The lowest BCUT2D eigenvalue weighted by atomic mass is 10.0. The minimum atomic E-state index is 0.510. The summed E-state index contributed by atoms with van der Waals surface area (Å²) in [5.74, 6) is 1.74. The molecule has 1 aromatic heterocycles. The molecule has 130 valence electrons. The highest BCUT2D eigenvalue weighted by atomic mass is 16.5. The molecule has 5 rings (SSSR count). The molecule has 1 saturated heterocycles. The van der Waals surface area contributed by atoms with E-state index in [-0.39, 0.29) is 0 Å². The normalized spacial score (nSPS) is 16.5. The van der Waals surface area contributed by atoms with Gasteiger partial charge in [0.25, 0.3) is 0 Å². The maximum Gasteiger partial charge on any atom is 0.232 e. The fourth-order valence-electron chi connectivity index (χ4n) is 3.57. The molecule has 2 aromatic carbocycles. The van der Waals surface area contributed by atoms with E-state index in [2.05, 4.69) is 56.1 Å². The number of nitrogens with zero attached hydrogens (tertiary/aromatic N) is 5. The molecule has 0 unspecified atom stereocenters. The van der Waals surface area contributed by atoms with Crippen molar-refractivity contribution in [2.75, 3.05) is 31.2 Å². The predicted molar refractivity (Wildman–Crippen MR) is 100 cm³/mol. The summed E-state index contributed by atoms with van der Waals surface area (Å²) in [5.41, 5.74) is 4.30. The van der Waals surface area contributed by atoms with Crippen molar-refractivity contribution in [1.82, 2.24) is 14.8 Å². The number of aliphatic imine (C=N–C) groups is 1. The molecule has 0 amide bonds. The van der Waals surface area contributed by atoms with E-state index in [4.69, 9.17) is 9.73 Å². The molecule has 26 heavy (non-hydrogen) atoms. The minimum Gasteiger partial charge on any atom is -0.378 e. The van der Waals surface area contributed by atoms with Crippen molar-refractivity contribution in [1.29, 1.82) is 0 Å². The standard InChI is InChI=1S/C20H19N5O/c1-2-6-15(7-3-1)19-16-8-4-5-9-17(16)25-18(14-21-19)22-23-20(25)24-10-12-26-13-11-24/h1-9H,10-14H2. The van der Waals surface area contributed by atoms with Gasteiger partial charge in [-0.15, -0.1) is 10.2 Å². The quantitative estimate of drug-likeness (QED) is 0.716. The average molecular weight is 345 g/mol. The molecule has 2 aliphatic rings. The molecule has 0 radical (unpaired) electrons. The maximum absolute atomic E-state index is 5.49. The van der Waals surface area contributed by atoms with E-state index in [1.54, 1.807) is 0 Å². The van der Waals surface area contributed by atoms with E-state index in [0.29, 0.717) is 6.54 Å². The van der Waals surface area contributed by atoms with Crippen molar-refractivity contribution in [3.63, 3.8) is 0 Å². The second kappa shape index (κ2) is 6.38. The van der Waals surface area contributed by atoms with Gasteiger partial charge in [-0.3, -0.25) is 9.56 Å². The van der Waals surface area contributed by atoms with Crippen LogP contribution in [-0.2, 0) is 11.3 Å². The van der Waals surface area contributed by atoms with E-state index in [1.807, 2.05) is 18.2 Å². The Labute approximate surface area is 151 Å². The first-order valence-corrected chi connectivity index (χ1v) is 8.88. The van der Waals surface area contributed by atoms with Crippen molar-refractivity contribution < 1.29 is 4.74 Å². The van der Waals surface area contributed by atoms with Gasteiger partial charge in [0, 0.05) is 24.2 Å². The molecule has 2 aliphatic heterocycles. The predicted octanol–water partition coefficient (Wildman–Crippen LogP) is 2.45. The van der Waals surface area contributed by atoms with Crippen LogP contribution in [0.4, 0.5) is 5.95 Å². The summed E-state index contributed by atoms with van der Waals surface area (Å²) in [6.45, 7) is 3.60. The van der Waals surface area contributed by atoms with Crippen LogP contribution in [0.5, 0.6) is 0 Å². The SMILES string of the molecule is c1ccc(C2=NCc3nnc(N4CCOCC4)n3-c3ccccc32)cc1. The zero-order valence-electron chi connectivity index (χ0n) is 14.4. The van der Waals surface area contributed by atoms with Crippen molar-refractivity contribution >= 4 is 11.7 Å². The molecular formula is C20H19N5O. The Hall–Kier alpha value is -2.99. The number of morpholine rings is 1. The summed E-state index contributed by atoms with van der Waals surface area (Å²) >= 11 is 0. The molecule has 0 aliphatic carbocycles. The van der Waals surface area contributed by atoms with Crippen molar-refractivity contribution in [2.24, 2.45) is 4.99 Å². The Bertz CT molecular complexity index is 957. The zero-order valence-corrected chi connectivity index (χ0v) is 14.4. The number of rotatable bonds is 2. The van der Waals surface area contributed by atoms with Gasteiger partial charge < -0.3 is 9.64 Å². The fraction of sp³-hybridized carbons (Fsp3) is 0.250. The zero-order chi connectivity index (χ0) is 17.3. The first kappa shape index (κ1) is 15.3. The van der Waals surface area contributed by atoms with Crippen molar-refractivity contribution in [3.8, 4) is 5.69 Å². The molecule has 6 heteroatoms. The topological polar surface area (TPSA) is 55.5 Å². The Morgan fingerprint density at radius 2 is 1.62 bits per heavy atom. The van der Waals surface area contributed by atoms with Gasteiger partial charge in [-0.2, -0.15) is 0 Å². The van der Waals surface area contributed by atoms with Crippen LogP contribution in [0, 0.1) is 0 Å². The molecule has 6 nitrogen and oxygen atoms in total. The van der Waals surface area contributed by atoms with Crippen LogP contribution in [0.25, 0.3) is 5.69 Å². The van der Waals surface area contributed by atoms with Crippen LogP contribution in [0.15, 0.2) is 59.6 Å². The van der Waals surface area contributed by atoms with Gasteiger partial charge in [-0.1, -0.05) is 48.5 Å². The van der Waals surface area contributed by atoms with Crippen molar-refractivity contribution in [2.45, 2.75) is 6.54 Å². The Morgan fingerprint density at radius 1 is 0.846 bits per heavy atom. The maximum atomic E-state index is 5.49. The van der Waals surface area contributed by atoms with Crippen LogP contribution in [0.1, 0.15) is 17.0 Å². The largest absolute Gasteiger partial charge is 0.378 e. The van der Waals surface area contributed by atoms with Gasteiger partial charge in [-0.25, -0.2) is 0 Å². The summed E-state index contributed by atoms with van der Waals surface area (Å²) in [5, 5.41) is 8.92. The number of hydrogen-bond donors (Lipinski definition) is 0. The van der Waals surface area contributed by atoms with E-state index >= 15 is 0 Å². The third-order valence-electron chi connectivity index (χ3n) is 4.83. The number of benzene rings is 2. The molecule has 0 atom stereocenters. The smallest absolute Gasteiger partial charge is 0.232 e. The fourth-order valence-corrected chi connectivity index (χ4v) is 3.57. The lowest BCUT2D eigenvalue weighted by molar-refractivity contribution is 0.122. The third kappa shape index (κ3) is 2.50. The Kier molecular flexibility index (Phi) is 3.75. The van der Waals surface area contributed by atoms with Gasteiger partial charge in [0.2, 0.25) is 5.95 Å². The summed E-state index contributed by atoms with van der Waals surface area (Å²) in [6, 6.07) is 18.7. The van der Waals surface area contributed by atoms with Gasteiger partial charge in [0.15, 0.2) is 5.82 Å². The van der Waals surface area contributed by atoms with Gasteiger partial charge in [0.05, 0.1) is 24.6 Å². The highest BCUT2D eigenvalue weighted by Gasteiger charge is 2.25. The molecule has 0 saturated carbocycles. The highest BCUT2D eigenvalue weighted by molar-refractivity contribution is 6.15. The summed E-state index contributed by atoms with van der Waals surface area (Å²) in [4.78, 5) is 7.13. The van der Waals surface area contributed by atoms with Gasteiger partial charge in [0.1, 0.15) is 6.54 Å². The molecule has 3 aromatic rings. The lowest BCUT2D eigenvalue weighted by Crippen LogP contribution is -2.38. The van der Waals surface area contributed by atoms with Gasteiger partial charge in [-0.05, 0) is 6.07 Å². The first-order chi connectivity index (χ1) is 12.9. The van der Waals surface area contributed by atoms with Crippen LogP contribution in [-0.4, -0.2) is 46.8 Å². The van der Waals surface area contributed by atoms with Crippen LogP contribution in [0.3, 0.4) is 0 Å². The Balaban J connectivity index is 1.67. The van der Waals surface area contributed by atoms with E-state index in [0.717, 1.165) is 60.6 Å². The molecule has 0 bridgehead atoms. The first-order valence-electron chi connectivity index (χ1n) is 8.88. The molecule has 1 fully saturated rings. The van der Waals surface area contributed by atoms with Gasteiger partial charge >= 0.3 is 0 Å². The molecular weight excluding hydrogens is 326 g/mol. The van der Waals surface area contributed by atoms with Crippen molar-refractivity contribution in [3.05, 3.63) is 71.5 Å². The van der Waals surface area contributed by atoms with E-state index in [1.165, 1.54) is 0 Å². The van der Waals surface area contributed by atoms with E-state index < -0.39 is 0 Å². The highest BCUT2D eigenvalue weighted by Crippen LogP contribution is 2.28. The molecule has 0 spiro atoms. The molecule has 3 heterocycles. The second-order valence-electron chi connectivity index (χ2n) is 6.40. The average Bonchev–Trinajstić information content (AvgIpc) is 3.07. The number of ether oxygens (including phenoxy) is 1. The number of anilines is 1. The number of hydrogen-bond acceptors (Lipinski definition) is 5. The molecule has 0 N–H and O–H groups in total. The monoisotopic (exact) mass is 345 g/mol. The van der Waals surface area contributed by atoms with Crippen LogP contribution >= 0.6 is 0 Å². The summed E-state index contributed by atoms with van der Waals surface area (Å²) in [6.07, 6.45) is 0. The van der Waals surface area contributed by atoms with Crippen LogP contribution in [0.2, 0.25) is 0 Å². The number of aromatic nitrogens is 3. The number of fused-ring (bicyclic) bond motifs is 3. The van der Waals surface area contributed by atoms with Crippen LogP contribution < -0.4 is 4.90 Å². The second-order valence-corrected chi connectivity index (χ2v) is 6.40. The third-order valence-corrected chi connectivity index (χ3v) is 4.83. The lowest BCUT2D eigenvalue weighted by Gasteiger charge is -2.28. The minimum absolute atomic E-state index is 0.510. The summed E-state index contributed by atoms with van der Waals surface area (Å²) in [7, 11) is 0. The number of para-hydroxylation sites is 1.